The summed E-state index contributed by atoms with van der Waals surface area (Å²) >= 11 is 0. The number of hydrogen-bond donors (Lipinski definition) is 1. The first-order chi connectivity index (χ1) is 8.69. The molecule has 0 radical (unpaired) electrons. The van der Waals surface area contributed by atoms with Crippen LogP contribution >= 0.6 is 0 Å². The molecule has 5 nitrogen and oxygen atoms in total. The highest BCUT2D eigenvalue weighted by Gasteiger charge is 2.30. The smallest absolute Gasteiger partial charge is 0.294 e. The number of amides is 1. The van der Waals surface area contributed by atoms with Crippen molar-refractivity contribution in [1.29, 1.82) is 0 Å². The number of ether oxygens (including phenoxy) is 1. The van der Waals surface area contributed by atoms with E-state index in [9.17, 15) is 9.59 Å². The summed E-state index contributed by atoms with van der Waals surface area (Å²) in [5, 5.41) is 2.63. The number of nitrogens with zero attached hydrogens (tertiary/aromatic N) is 1. The van der Waals surface area contributed by atoms with E-state index in [-0.39, 0.29) is 6.47 Å². The molecule has 2 atom stereocenters. The van der Waals surface area contributed by atoms with Gasteiger partial charge in [-0.25, -0.2) is 6.57 Å². The first-order valence-corrected chi connectivity index (χ1v) is 5.46. The normalized spacial score (nSPS) is 12.9. The van der Waals surface area contributed by atoms with Crippen LogP contribution in [0.4, 0.5) is 0 Å². The van der Waals surface area contributed by atoms with Crippen LogP contribution in [0.5, 0.6) is 0 Å². The Labute approximate surface area is 106 Å². The molecule has 94 valence electrons. The Bertz CT molecular complexity index is 439. The molecule has 1 aromatic rings. The van der Waals surface area contributed by atoms with E-state index in [1.54, 1.807) is 0 Å². The molecular formula is C13H14N2O3. The Balaban J connectivity index is 2.57. The Morgan fingerprint density at radius 2 is 2.17 bits per heavy atom. The van der Waals surface area contributed by atoms with Gasteiger partial charge in [-0.1, -0.05) is 30.3 Å². The van der Waals surface area contributed by atoms with E-state index in [2.05, 4.69) is 14.9 Å². The van der Waals surface area contributed by atoms with Crippen LogP contribution in [0, 0.1) is 6.57 Å². The minimum atomic E-state index is -1.07. The minimum Gasteiger partial charge on any atom is -0.446 e. The molecule has 2 unspecified atom stereocenters. The highest BCUT2D eigenvalue weighted by molar-refractivity contribution is 5.82. The lowest BCUT2D eigenvalue weighted by molar-refractivity contribution is -0.145. The van der Waals surface area contributed by atoms with Gasteiger partial charge in [0, 0.05) is 13.5 Å². The lowest BCUT2D eigenvalue weighted by atomic mass is 10.1. The molecule has 0 spiro atoms. The molecule has 0 aliphatic rings. The molecule has 0 bridgehead atoms. The molecule has 18 heavy (non-hydrogen) atoms. The van der Waals surface area contributed by atoms with Gasteiger partial charge >= 0.3 is 0 Å². The molecule has 0 heterocycles. The van der Waals surface area contributed by atoms with E-state index in [0.29, 0.717) is 6.54 Å². The molecule has 5 heteroatoms. The van der Waals surface area contributed by atoms with Crippen molar-refractivity contribution in [3.63, 3.8) is 0 Å². The molecule has 0 saturated carbocycles. The maximum absolute atomic E-state index is 11.8. The topological polar surface area (TPSA) is 59.8 Å². The van der Waals surface area contributed by atoms with Crippen molar-refractivity contribution in [2.45, 2.75) is 25.6 Å². The second-order valence-corrected chi connectivity index (χ2v) is 3.73. The van der Waals surface area contributed by atoms with E-state index in [1.165, 1.54) is 6.92 Å². The third-order valence-corrected chi connectivity index (χ3v) is 2.41. The third kappa shape index (κ3) is 3.91. The lowest BCUT2D eigenvalue weighted by Crippen LogP contribution is -2.41. The largest absolute Gasteiger partial charge is 0.446 e. The summed E-state index contributed by atoms with van der Waals surface area (Å²) in [5.41, 5.74) is 0.936. The van der Waals surface area contributed by atoms with Gasteiger partial charge < -0.3 is 14.9 Å². The van der Waals surface area contributed by atoms with E-state index in [0.717, 1.165) is 5.56 Å². The van der Waals surface area contributed by atoms with Crippen LogP contribution in [0.2, 0.25) is 0 Å². The van der Waals surface area contributed by atoms with Crippen molar-refractivity contribution in [2.24, 2.45) is 0 Å². The zero-order valence-corrected chi connectivity index (χ0v) is 10.00. The van der Waals surface area contributed by atoms with Crippen LogP contribution in [0.15, 0.2) is 30.3 Å². The number of carbonyl (C=O) groups excluding carboxylic acids is 2. The molecule has 0 aliphatic carbocycles. The average molecular weight is 246 g/mol. The number of benzene rings is 1. The van der Waals surface area contributed by atoms with Gasteiger partial charge in [0.05, 0.1) is 0 Å². The van der Waals surface area contributed by atoms with Gasteiger partial charge in [-0.15, -0.1) is 0 Å². The van der Waals surface area contributed by atoms with Crippen LogP contribution in [0.1, 0.15) is 12.5 Å². The van der Waals surface area contributed by atoms with Crippen molar-refractivity contribution >= 4 is 12.4 Å². The van der Waals surface area contributed by atoms with Gasteiger partial charge in [0.2, 0.25) is 0 Å². The molecule has 1 N–H and O–H groups in total. The second kappa shape index (κ2) is 7.07. The summed E-state index contributed by atoms with van der Waals surface area (Å²) in [7, 11) is 0. The fraction of sp³-hybridized carbons (Fsp3) is 0.308. The van der Waals surface area contributed by atoms with E-state index >= 15 is 0 Å². The zero-order valence-electron chi connectivity index (χ0n) is 10.00. The second-order valence-electron chi connectivity index (χ2n) is 3.73. The van der Waals surface area contributed by atoms with Gasteiger partial charge in [-0.05, 0) is 5.56 Å². The summed E-state index contributed by atoms with van der Waals surface area (Å²) in [4.78, 5) is 25.3. The highest BCUT2D eigenvalue weighted by Crippen LogP contribution is 2.04. The lowest BCUT2D eigenvalue weighted by Gasteiger charge is -2.14. The summed E-state index contributed by atoms with van der Waals surface area (Å²) in [6.07, 6.45) is -1.07. The summed E-state index contributed by atoms with van der Waals surface area (Å²) in [6.45, 7) is 8.91. The Kier molecular flexibility index (Phi) is 5.39. The molecule has 1 amide bonds. The number of hydrogen-bond acceptors (Lipinski definition) is 3. The maximum Gasteiger partial charge on any atom is 0.294 e. The minimum absolute atomic E-state index is 0.189. The molecule has 1 rings (SSSR count). The van der Waals surface area contributed by atoms with Crippen molar-refractivity contribution in [2.75, 3.05) is 0 Å². The SMILES string of the molecule is [C-]#[N+]C(C)C(OC=O)C(=O)NCc1ccccc1. The predicted molar refractivity (Wildman–Crippen MR) is 65.3 cm³/mol. The fourth-order valence-corrected chi connectivity index (χ4v) is 1.41. The fourth-order valence-electron chi connectivity index (χ4n) is 1.41. The summed E-state index contributed by atoms with van der Waals surface area (Å²) in [6, 6.07) is 8.64. The van der Waals surface area contributed by atoms with E-state index in [4.69, 9.17) is 6.57 Å². The number of nitrogens with one attached hydrogen (secondary N) is 1. The van der Waals surface area contributed by atoms with E-state index < -0.39 is 18.1 Å². The molecular weight excluding hydrogens is 232 g/mol. The van der Waals surface area contributed by atoms with Crippen LogP contribution in [0.3, 0.4) is 0 Å². The first kappa shape index (κ1) is 13.7. The van der Waals surface area contributed by atoms with Gasteiger partial charge in [0.1, 0.15) is 0 Å². The van der Waals surface area contributed by atoms with Crippen LogP contribution in [-0.2, 0) is 20.9 Å². The zero-order chi connectivity index (χ0) is 13.4. The maximum atomic E-state index is 11.8. The average Bonchev–Trinajstić information content (AvgIpc) is 2.42. The third-order valence-electron chi connectivity index (χ3n) is 2.41. The van der Waals surface area contributed by atoms with Crippen LogP contribution < -0.4 is 5.32 Å². The van der Waals surface area contributed by atoms with Gasteiger partial charge in [0.15, 0.2) is 0 Å². The summed E-state index contributed by atoms with van der Waals surface area (Å²) < 4.78 is 4.64. The van der Waals surface area contributed by atoms with Crippen LogP contribution in [0.25, 0.3) is 4.85 Å². The number of rotatable bonds is 6. The van der Waals surface area contributed by atoms with Gasteiger partial charge in [-0.2, -0.15) is 0 Å². The van der Waals surface area contributed by atoms with Crippen LogP contribution in [-0.4, -0.2) is 24.5 Å². The number of carbonyl (C=O) groups is 2. The van der Waals surface area contributed by atoms with E-state index in [1.807, 2.05) is 30.3 Å². The Morgan fingerprint density at radius 3 is 2.72 bits per heavy atom. The predicted octanol–water partition coefficient (Wildman–Crippen LogP) is 1.15. The Morgan fingerprint density at radius 1 is 1.50 bits per heavy atom. The molecule has 0 aromatic heterocycles. The molecule has 0 saturated heterocycles. The van der Waals surface area contributed by atoms with Crippen molar-refractivity contribution in [3.05, 3.63) is 47.3 Å². The van der Waals surface area contributed by atoms with Gasteiger partial charge in [-0.3, -0.25) is 9.59 Å². The summed E-state index contributed by atoms with van der Waals surface area (Å²) in [5.74, 6) is -0.463. The monoisotopic (exact) mass is 246 g/mol. The van der Waals surface area contributed by atoms with Crippen molar-refractivity contribution < 1.29 is 14.3 Å². The quantitative estimate of drug-likeness (QED) is 0.605. The molecule has 0 fully saturated rings. The standard InChI is InChI=1S/C13H14N2O3/c1-10(14-2)12(18-9-16)13(17)15-8-11-6-4-3-5-7-11/h3-7,9-10,12H,8H2,1H3,(H,15,17). The molecule has 0 aliphatic heterocycles. The Hall–Kier alpha value is -2.35. The van der Waals surface area contributed by atoms with Gasteiger partial charge in [0.25, 0.3) is 24.5 Å². The highest BCUT2D eigenvalue weighted by atomic mass is 16.5. The molecule has 1 aromatic carbocycles. The van der Waals surface area contributed by atoms with Crippen molar-refractivity contribution in [3.8, 4) is 0 Å². The van der Waals surface area contributed by atoms with Crippen molar-refractivity contribution in [1.82, 2.24) is 5.32 Å². The first-order valence-electron chi connectivity index (χ1n) is 5.46.